The van der Waals surface area contributed by atoms with Crippen molar-refractivity contribution in [1.82, 2.24) is 14.8 Å². The first kappa shape index (κ1) is 10.7. The molecule has 8 heteroatoms. The zero-order valence-corrected chi connectivity index (χ0v) is 10.5. The quantitative estimate of drug-likeness (QED) is 0.814. The van der Waals surface area contributed by atoms with Crippen molar-refractivity contribution in [3.8, 4) is 0 Å². The van der Waals surface area contributed by atoms with Gasteiger partial charge in [-0.05, 0) is 17.9 Å². The number of sulfonamides is 1. The Hall–Kier alpha value is -1.41. The maximum atomic E-state index is 12.4. The van der Waals surface area contributed by atoms with Gasteiger partial charge >= 0.3 is 0 Å². The van der Waals surface area contributed by atoms with Crippen LogP contribution in [0.4, 0.5) is 5.95 Å². The van der Waals surface area contributed by atoms with E-state index in [1.807, 2.05) is 0 Å². The summed E-state index contributed by atoms with van der Waals surface area (Å²) in [6.07, 6.45) is 2.14. The molecular formula is C9H10N4O2S2. The molecule has 0 spiro atoms. The van der Waals surface area contributed by atoms with Crippen LogP contribution in [0.2, 0.25) is 0 Å². The van der Waals surface area contributed by atoms with Crippen molar-refractivity contribution >= 4 is 27.3 Å². The van der Waals surface area contributed by atoms with Gasteiger partial charge in [-0.25, -0.2) is 17.4 Å². The number of hydrogen-bond acceptors (Lipinski definition) is 5. The molecule has 3 heterocycles. The van der Waals surface area contributed by atoms with Crippen LogP contribution in [0.15, 0.2) is 28.0 Å². The number of thiophene rings is 1. The van der Waals surface area contributed by atoms with Crippen molar-refractivity contribution in [3.63, 3.8) is 0 Å². The van der Waals surface area contributed by atoms with Crippen LogP contribution in [-0.2, 0) is 16.6 Å². The van der Waals surface area contributed by atoms with E-state index in [1.54, 1.807) is 22.2 Å². The summed E-state index contributed by atoms with van der Waals surface area (Å²) >= 11 is 1.21. The molecule has 0 amide bonds. The molecule has 0 fully saturated rings. The van der Waals surface area contributed by atoms with E-state index in [0.29, 0.717) is 23.2 Å². The molecule has 90 valence electrons. The number of hydrogen-bond donors (Lipinski definition) is 0. The van der Waals surface area contributed by atoms with Crippen molar-refractivity contribution in [3.05, 3.63) is 23.8 Å². The Kier molecular flexibility index (Phi) is 2.40. The van der Waals surface area contributed by atoms with E-state index in [2.05, 4.69) is 10.1 Å². The molecule has 0 aliphatic carbocycles. The average molecular weight is 270 g/mol. The summed E-state index contributed by atoms with van der Waals surface area (Å²) in [5, 5.41) is 5.76. The lowest BCUT2D eigenvalue weighted by molar-refractivity contribution is 0.530. The Balaban J connectivity index is 2.08. The number of nitrogens with zero attached hydrogens (tertiary/aromatic N) is 4. The minimum Gasteiger partial charge on any atom is -0.233 e. The van der Waals surface area contributed by atoms with Gasteiger partial charge in [0, 0.05) is 13.1 Å². The summed E-state index contributed by atoms with van der Waals surface area (Å²) in [5.74, 6) is 0.407. The summed E-state index contributed by atoms with van der Waals surface area (Å²) in [6.45, 7) is 1.17. The van der Waals surface area contributed by atoms with E-state index in [0.717, 1.165) is 6.42 Å². The average Bonchev–Trinajstić information content (AvgIpc) is 2.99. The van der Waals surface area contributed by atoms with Crippen LogP contribution < -0.4 is 4.31 Å². The van der Waals surface area contributed by atoms with Gasteiger partial charge in [-0.3, -0.25) is 0 Å². The number of aryl methyl sites for hydroxylation is 1. The molecule has 3 rings (SSSR count). The second-order valence-corrected chi connectivity index (χ2v) is 6.68. The highest BCUT2D eigenvalue weighted by Gasteiger charge is 2.31. The van der Waals surface area contributed by atoms with Gasteiger partial charge in [-0.2, -0.15) is 10.1 Å². The Morgan fingerprint density at radius 1 is 1.35 bits per heavy atom. The van der Waals surface area contributed by atoms with Gasteiger partial charge in [0.05, 0.1) is 0 Å². The zero-order chi connectivity index (χ0) is 11.9. The summed E-state index contributed by atoms with van der Waals surface area (Å²) in [7, 11) is -3.47. The van der Waals surface area contributed by atoms with E-state index < -0.39 is 10.0 Å². The molecule has 0 atom stereocenters. The first-order chi connectivity index (χ1) is 8.19. The first-order valence-corrected chi connectivity index (χ1v) is 7.45. The lowest BCUT2D eigenvalue weighted by atomic mass is 10.4. The van der Waals surface area contributed by atoms with Gasteiger partial charge in [-0.1, -0.05) is 6.07 Å². The maximum absolute atomic E-state index is 12.4. The van der Waals surface area contributed by atoms with Gasteiger partial charge in [0.25, 0.3) is 10.0 Å². The van der Waals surface area contributed by atoms with Gasteiger partial charge in [-0.15, -0.1) is 11.3 Å². The fourth-order valence-electron chi connectivity index (χ4n) is 1.82. The van der Waals surface area contributed by atoms with Gasteiger partial charge in [0.1, 0.15) is 10.5 Å². The zero-order valence-electron chi connectivity index (χ0n) is 8.85. The Morgan fingerprint density at radius 3 is 3.00 bits per heavy atom. The van der Waals surface area contributed by atoms with Crippen LogP contribution >= 0.6 is 11.3 Å². The Bertz CT molecular complexity index is 617. The highest BCUT2D eigenvalue weighted by atomic mass is 32.2. The molecule has 1 aliphatic heterocycles. The summed E-state index contributed by atoms with van der Waals surface area (Å²) in [6, 6.07) is 3.33. The van der Waals surface area contributed by atoms with Crippen LogP contribution in [0.5, 0.6) is 0 Å². The summed E-state index contributed by atoms with van der Waals surface area (Å²) in [5.41, 5.74) is 0. The fraction of sp³-hybridized carbons (Fsp3) is 0.333. The summed E-state index contributed by atoms with van der Waals surface area (Å²) in [4.78, 5) is 4.02. The van der Waals surface area contributed by atoms with Gasteiger partial charge in [0.2, 0.25) is 5.95 Å². The Morgan fingerprint density at radius 2 is 2.24 bits per heavy atom. The van der Waals surface area contributed by atoms with Gasteiger partial charge < -0.3 is 0 Å². The maximum Gasteiger partial charge on any atom is 0.276 e. The van der Waals surface area contributed by atoms with Crippen molar-refractivity contribution in [2.45, 2.75) is 17.2 Å². The fourth-order valence-corrected chi connectivity index (χ4v) is 4.38. The molecule has 0 saturated heterocycles. The highest BCUT2D eigenvalue weighted by molar-refractivity contribution is 7.94. The highest BCUT2D eigenvalue weighted by Crippen LogP contribution is 2.27. The normalized spacial score (nSPS) is 15.9. The molecule has 6 nitrogen and oxygen atoms in total. The predicted octanol–water partition coefficient (Wildman–Crippen LogP) is 0.939. The first-order valence-electron chi connectivity index (χ1n) is 5.13. The number of rotatable bonds is 2. The number of anilines is 1. The van der Waals surface area contributed by atoms with E-state index in [1.165, 1.54) is 22.0 Å². The van der Waals surface area contributed by atoms with Crippen LogP contribution in [0.1, 0.15) is 6.42 Å². The van der Waals surface area contributed by atoms with Crippen LogP contribution in [0.25, 0.3) is 0 Å². The third-order valence-corrected chi connectivity index (χ3v) is 5.74. The Labute approximate surface area is 103 Å². The molecule has 0 N–H and O–H groups in total. The number of aromatic nitrogens is 3. The van der Waals surface area contributed by atoms with E-state index in [-0.39, 0.29) is 0 Å². The topological polar surface area (TPSA) is 68.1 Å². The van der Waals surface area contributed by atoms with Crippen LogP contribution in [-0.4, -0.2) is 29.7 Å². The van der Waals surface area contributed by atoms with E-state index in [4.69, 9.17) is 0 Å². The molecule has 0 saturated carbocycles. The monoisotopic (exact) mass is 270 g/mol. The third kappa shape index (κ3) is 1.64. The van der Waals surface area contributed by atoms with E-state index >= 15 is 0 Å². The van der Waals surface area contributed by atoms with Crippen molar-refractivity contribution in [2.75, 3.05) is 10.8 Å². The molecule has 0 unspecified atom stereocenters. The van der Waals surface area contributed by atoms with Crippen molar-refractivity contribution < 1.29 is 8.42 Å². The largest absolute Gasteiger partial charge is 0.276 e. The van der Waals surface area contributed by atoms with Crippen LogP contribution in [0, 0.1) is 0 Å². The van der Waals surface area contributed by atoms with Crippen LogP contribution in [0.3, 0.4) is 0 Å². The third-order valence-electron chi connectivity index (χ3n) is 2.59. The molecule has 2 aromatic heterocycles. The minimum absolute atomic E-state index is 0.342. The van der Waals surface area contributed by atoms with Gasteiger partial charge in [0.15, 0.2) is 0 Å². The number of fused-ring (bicyclic) bond motifs is 1. The molecular weight excluding hydrogens is 260 g/mol. The molecule has 17 heavy (non-hydrogen) atoms. The lowest BCUT2D eigenvalue weighted by Gasteiger charge is -2.26. The van der Waals surface area contributed by atoms with Crippen molar-refractivity contribution in [2.24, 2.45) is 0 Å². The molecule has 1 aliphatic rings. The second-order valence-electron chi connectivity index (χ2n) is 3.65. The van der Waals surface area contributed by atoms with Crippen molar-refractivity contribution in [1.29, 1.82) is 0 Å². The molecule has 0 bridgehead atoms. The standard InChI is InChI=1S/C9H10N4O2S2/c14-17(15,8-3-1-6-16-8)13-5-2-4-12-9(13)10-7-11-12/h1,3,6-7H,2,4-5H2. The molecule has 0 aromatic carbocycles. The lowest BCUT2D eigenvalue weighted by Crippen LogP contribution is -2.37. The SMILES string of the molecule is O=S(=O)(c1cccs1)N1CCCn2ncnc21. The predicted molar refractivity (Wildman–Crippen MR) is 63.5 cm³/mol. The van der Waals surface area contributed by atoms with E-state index in [9.17, 15) is 8.42 Å². The molecule has 0 radical (unpaired) electrons. The smallest absolute Gasteiger partial charge is 0.233 e. The second kappa shape index (κ2) is 3.81. The minimum atomic E-state index is -3.47. The summed E-state index contributed by atoms with van der Waals surface area (Å²) < 4.78 is 28.0. The molecule has 2 aromatic rings.